The maximum atomic E-state index is 6.03. The molecule has 3 heteroatoms. The van der Waals surface area contributed by atoms with Gasteiger partial charge in [0.15, 0.2) is 0 Å². The molecule has 0 aromatic carbocycles. The Kier molecular flexibility index (Phi) is 3.11. The van der Waals surface area contributed by atoms with Crippen molar-refractivity contribution in [2.24, 2.45) is 11.1 Å². The van der Waals surface area contributed by atoms with Gasteiger partial charge < -0.3 is 11.5 Å². The molecule has 4 N–H and O–H groups in total. The van der Waals surface area contributed by atoms with E-state index in [0.29, 0.717) is 5.69 Å². The number of nitrogens with two attached hydrogens (primary N) is 2. The van der Waals surface area contributed by atoms with E-state index in [2.05, 4.69) is 25.8 Å². The van der Waals surface area contributed by atoms with E-state index >= 15 is 0 Å². The van der Waals surface area contributed by atoms with Gasteiger partial charge in [-0.25, -0.2) is 0 Å². The standard InChI is InChI=1S/C11H19N3/c1-11(2,3)6-9(13)10-5-4-8(12)7-14-10/h4-5,7,9H,6,12-13H2,1-3H3. The predicted octanol–water partition coefficient (Wildman–Crippen LogP) is 2.10. The molecule has 1 heterocycles. The fraction of sp³-hybridized carbons (Fsp3) is 0.545. The number of pyridine rings is 1. The van der Waals surface area contributed by atoms with E-state index in [9.17, 15) is 0 Å². The van der Waals surface area contributed by atoms with Crippen LogP contribution in [0.2, 0.25) is 0 Å². The summed E-state index contributed by atoms with van der Waals surface area (Å²) in [6, 6.07) is 3.73. The zero-order valence-electron chi connectivity index (χ0n) is 9.12. The van der Waals surface area contributed by atoms with Gasteiger partial charge in [-0.2, -0.15) is 0 Å². The van der Waals surface area contributed by atoms with Crippen LogP contribution >= 0.6 is 0 Å². The summed E-state index contributed by atoms with van der Waals surface area (Å²) in [6.07, 6.45) is 2.57. The van der Waals surface area contributed by atoms with Crippen molar-refractivity contribution in [3.05, 3.63) is 24.0 Å². The molecule has 0 radical (unpaired) electrons. The Balaban J connectivity index is 2.70. The minimum atomic E-state index is -0.00407. The molecule has 1 unspecified atom stereocenters. The van der Waals surface area contributed by atoms with Gasteiger partial charge in [0.25, 0.3) is 0 Å². The third kappa shape index (κ3) is 3.34. The maximum absolute atomic E-state index is 6.03. The number of rotatable bonds is 2. The van der Waals surface area contributed by atoms with Crippen LogP contribution in [0.3, 0.4) is 0 Å². The fourth-order valence-corrected chi connectivity index (χ4v) is 1.40. The summed E-state index contributed by atoms with van der Waals surface area (Å²) in [5.41, 5.74) is 13.4. The Bertz CT molecular complexity index is 284. The SMILES string of the molecule is CC(C)(C)CC(N)c1ccc(N)cn1. The van der Waals surface area contributed by atoms with Crippen molar-refractivity contribution < 1.29 is 0 Å². The van der Waals surface area contributed by atoms with Gasteiger partial charge in [0.1, 0.15) is 0 Å². The first-order chi connectivity index (χ1) is 6.38. The van der Waals surface area contributed by atoms with Crippen LogP contribution < -0.4 is 11.5 Å². The van der Waals surface area contributed by atoms with Crippen molar-refractivity contribution in [3.8, 4) is 0 Å². The zero-order chi connectivity index (χ0) is 10.8. The van der Waals surface area contributed by atoms with Crippen LogP contribution in [0.5, 0.6) is 0 Å². The number of hydrogen-bond donors (Lipinski definition) is 2. The minimum Gasteiger partial charge on any atom is -0.397 e. The molecule has 14 heavy (non-hydrogen) atoms. The van der Waals surface area contributed by atoms with E-state index in [-0.39, 0.29) is 11.5 Å². The molecule has 1 aromatic rings. The molecule has 0 aliphatic rings. The van der Waals surface area contributed by atoms with E-state index in [1.165, 1.54) is 0 Å². The first-order valence-corrected chi connectivity index (χ1v) is 4.85. The lowest BCUT2D eigenvalue weighted by Gasteiger charge is -2.22. The molecule has 3 nitrogen and oxygen atoms in total. The Morgan fingerprint density at radius 1 is 1.36 bits per heavy atom. The van der Waals surface area contributed by atoms with E-state index in [0.717, 1.165) is 12.1 Å². The van der Waals surface area contributed by atoms with Crippen LogP contribution in [-0.2, 0) is 0 Å². The Labute approximate surface area is 85.5 Å². The molecular weight excluding hydrogens is 174 g/mol. The highest BCUT2D eigenvalue weighted by Gasteiger charge is 2.17. The first kappa shape index (κ1) is 11.0. The molecule has 0 bridgehead atoms. The Morgan fingerprint density at radius 3 is 2.43 bits per heavy atom. The molecule has 0 aliphatic heterocycles. The third-order valence-electron chi connectivity index (χ3n) is 2.02. The first-order valence-electron chi connectivity index (χ1n) is 4.85. The predicted molar refractivity (Wildman–Crippen MR) is 59.6 cm³/mol. The molecule has 0 spiro atoms. The van der Waals surface area contributed by atoms with Crippen LogP contribution in [0.4, 0.5) is 5.69 Å². The smallest absolute Gasteiger partial charge is 0.0572 e. The molecule has 0 fully saturated rings. The highest BCUT2D eigenvalue weighted by molar-refractivity contribution is 5.35. The lowest BCUT2D eigenvalue weighted by atomic mass is 9.87. The largest absolute Gasteiger partial charge is 0.397 e. The summed E-state index contributed by atoms with van der Waals surface area (Å²) in [5.74, 6) is 0. The lowest BCUT2D eigenvalue weighted by molar-refractivity contribution is 0.340. The van der Waals surface area contributed by atoms with Gasteiger partial charge in [-0.05, 0) is 24.0 Å². The second-order valence-corrected chi connectivity index (χ2v) is 4.89. The zero-order valence-corrected chi connectivity index (χ0v) is 9.12. The molecule has 0 amide bonds. The molecule has 1 rings (SSSR count). The quantitative estimate of drug-likeness (QED) is 0.756. The lowest BCUT2D eigenvalue weighted by Crippen LogP contribution is -2.19. The topological polar surface area (TPSA) is 64.9 Å². The summed E-state index contributed by atoms with van der Waals surface area (Å²) in [7, 11) is 0. The highest BCUT2D eigenvalue weighted by atomic mass is 14.8. The number of hydrogen-bond acceptors (Lipinski definition) is 3. The van der Waals surface area contributed by atoms with Crippen molar-refractivity contribution in [3.63, 3.8) is 0 Å². The summed E-state index contributed by atoms with van der Waals surface area (Å²) < 4.78 is 0. The van der Waals surface area contributed by atoms with Crippen molar-refractivity contribution in [1.82, 2.24) is 4.98 Å². The minimum absolute atomic E-state index is 0.00407. The van der Waals surface area contributed by atoms with Crippen LogP contribution in [0.15, 0.2) is 18.3 Å². The molecular formula is C11H19N3. The number of anilines is 1. The average Bonchev–Trinajstić information content (AvgIpc) is 2.02. The summed E-state index contributed by atoms with van der Waals surface area (Å²) >= 11 is 0. The monoisotopic (exact) mass is 193 g/mol. The van der Waals surface area contributed by atoms with Gasteiger partial charge >= 0.3 is 0 Å². The van der Waals surface area contributed by atoms with Gasteiger partial charge in [-0.1, -0.05) is 20.8 Å². The van der Waals surface area contributed by atoms with Gasteiger partial charge in [-0.15, -0.1) is 0 Å². The number of nitrogen functional groups attached to an aromatic ring is 1. The molecule has 0 saturated heterocycles. The average molecular weight is 193 g/mol. The van der Waals surface area contributed by atoms with Crippen molar-refractivity contribution in [2.45, 2.75) is 33.2 Å². The Hall–Kier alpha value is -1.09. The molecule has 78 valence electrons. The van der Waals surface area contributed by atoms with Gasteiger partial charge in [0.05, 0.1) is 17.6 Å². The van der Waals surface area contributed by atoms with E-state index < -0.39 is 0 Å². The van der Waals surface area contributed by atoms with E-state index in [1.807, 2.05) is 12.1 Å². The molecule has 1 atom stereocenters. The van der Waals surface area contributed by atoms with E-state index in [4.69, 9.17) is 11.5 Å². The number of aromatic nitrogens is 1. The normalized spacial score (nSPS) is 14.0. The Morgan fingerprint density at radius 2 is 2.00 bits per heavy atom. The van der Waals surface area contributed by atoms with Crippen molar-refractivity contribution in [1.29, 1.82) is 0 Å². The summed E-state index contributed by atoms with van der Waals surface area (Å²) in [5, 5.41) is 0. The summed E-state index contributed by atoms with van der Waals surface area (Å²) in [6.45, 7) is 6.51. The van der Waals surface area contributed by atoms with Gasteiger partial charge in [0.2, 0.25) is 0 Å². The van der Waals surface area contributed by atoms with Crippen LogP contribution in [0.25, 0.3) is 0 Å². The van der Waals surface area contributed by atoms with Crippen molar-refractivity contribution in [2.75, 3.05) is 5.73 Å². The second kappa shape index (κ2) is 3.96. The van der Waals surface area contributed by atoms with Gasteiger partial charge in [0, 0.05) is 6.04 Å². The van der Waals surface area contributed by atoms with Crippen molar-refractivity contribution >= 4 is 5.69 Å². The second-order valence-electron chi connectivity index (χ2n) is 4.89. The van der Waals surface area contributed by atoms with Gasteiger partial charge in [-0.3, -0.25) is 4.98 Å². The van der Waals surface area contributed by atoms with Crippen LogP contribution in [0.1, 0.15) is 38.9 Å². The molecule has 1 aromatic heterocycles. The highest BCUT2D eigenvalue weighted by Crippen LogP contribution is 2.26. The van der Waals surface area contributed by atoms with Crippen LogP contribution in [-0.4, -0.2) is 4.98 Å². The molecule has 0 aliphatic carbocycles. The van der Waals surface area contributed by atoms with E-state index in [1.54, 1.807) is 6.20 Å². The molecule has 0 saturated carbocycles. The fourth-order valence-electron chi connectivity index (χ4n) is 1.40. The number of nitrogens with zero attached hydrogens (tertiary/aromatic N) is 1. The maximum Gasteiger partial charge on any atom is 0.0572 e. The third-order valence-corrected chi connectivity index (χ3v) is 2.02. The summed E-state index contributed by atoms with van der Waals surface area (Å²) in [4.78, 5) is 4.21. The van der Waals surface area contributed by atoms with Crippen LogP contribution in [0, 0.1) is 5.41 Å².